The molecule has 0 amide bonds. The number of hydrogen-bond donors (Lipinski definition) is 0. The molecule has 0 aliphatic rings. The summed E-state index contributed by atoms with van der Waals surface area (Å²) in [5.74, 6) is 0. The Morgan fingerprint density at radius 3 is 1.37 bits per heavy atom. The quantitative estimate of drug-likeness (QED) is 0.476. The third-order valence-corrected chi connectivity index (χ3v) is 2.77. The molecule has 1 nitrogen and oxygen atoms in total. The van der Waals surface area contributed by atoms with Crippen LogP contribution in [0.15, 0.2) is 6.07 Å². The molecule has 0 atom stereocenters. The van der Waals surface area contributed by atoms with Crippen molar-refractivity contribution in [1.82, 2.24) is 0 Å². The maximum absolute atomic E-state index is 4.28. The molecule has 0 bridgehead atoms. The van der Waals surface area contributed by atoms with Gasteiger partial charge in [-0.1, -0.05) is 55.4 Å². The number of nitrogens with zero attached hydrogens (tertiary/aromatic N) is 1. The number of aryl methyl sites for hydroxylation is 2. The van der Waals surface area contributed by atoms with E-state index >= 15 is 0 Å². The molecule has 0 radical (unpaired) electrons. The molecule has 0 saturated heterocycles. The van der Waals surface area contributed by atoms with Gasteiger partial charge in [0.2, 0.25) is 0 Å². The van der Waals surface area contributed by atoms with Crippen LogP contribution in [0, 0.1) is 27.7 Å². The van der Waals surface area contributed by atoms with Crippen LogP contribution in [0.5, 0.6) is 0 Å². The predicted molar refractivity (Wildman–Crippen MR) is 74.6 cm³/mol. The topological polar surface area (TPSA) is 14.1 Å². The summed E-state index contributed by atoms with van der Waals surface area (Å²) in [6, 6.07) is 3.24. The van der Waals surface area contributed by atoms with Crippen molar-refractivity contribution in [2.24, 2.45) is 0 Å². The summed E-state index contributed by atoms with van der Waals surface area (Å²) in [6.45, 7) is 17.1. The largest absolute Gasteiger partial charge is 4.00 e. The van der Waals surface area contributed by atoms with E-state index in [0.717, 1.165) is 0 Å². The predicted octanol–water partition coefficient (Wildman–Crippen LogP) is -1.18. The van der Waals surface area contributed by atoms with Crippen molar-refractivity contribution in [1.29, 1.82) is 0 Å². The van der Waals surface area contributed by atoms with Gasteiger partial charge >= 0.3 is 21.7 Å². The van der Waals surface area contributed by atoms with Crippen LogP contribution in [0.1, 0.15) is 49.9 Å². The third kappa shape index (κ3) is 12.1. The van der Waals surface area contributed by atoms with Gasteiger partial charge in [0.25, 0.3) is 0 Å². The summed E-state index contributed by atoms with van der Waals surface area (Å²) in [6.07, 6.45) is 0. The van der Waals surface area contributed by atoms with Crippen molar-refractivity contribution < 1.29 is 46.5 Å². The van der Waals surface area contributed by atoms with Crippen molar-refractivity contribution in [2.45, 2.75) is 67.5 Å². The van der Waals surface area contributed by atoms with Crippen molar-refractivity contribution in [3.05, 3.63) is 33.6 Å². The molecular weight excluding hydrogens is 313 g/mol. The van der Waals surface area contributed by atoms with Gasteiger partial charge in [0, 0.05) is 0 Å². The zero-order valence-corrected chi connectivity index (χ0v) is 16.5. The van der Waals surface area contributed by atoms with Crippen molar-refractivity contribution in [3.63, 3.8) is 0 Å². The minimum atomic E-state index is 0. The van der Waals surface area contributed by atoms with Gasteiger partial charge in [-0.25, -0.2) is 0 Å². The van der Waals surface area contributed by atoms with Crippen molar-refractivity contribution in [3.8, 4) is 0 Å². The van der Waals surface area contributed by atoms with Crippen LogP contribution in [0.2, 0.25) is 0 Å². The van der Waals surface area contributed by atoms with Crippen LogP contribution in [0.25, 0.3) is 5.32 Å². The molecule has 19 heavy (non-hydrogen) atoms. The summed E-state index contributed by atoms with van der Waals surface area (Å²) < 4.78 is 0. The summed E-state index contributed by atoms with van der Waals surface area (Å²) >= 11 is 0. The molecule has 0 aliphatic carbocycles. The molecule has 0 N–H and O–H groups in total. The number of halogens is 2. The zero-order valence-electron chi connectivity index (χ0n) is 13.4. The van der Waals surface area contributed by atoms with Crippen LogP contribution >= 0.6 is 0 Å². The minimum Gasteiger partial charge on any atom is -1.00 e. The smallest absolute Gasteiger partial charge is 1.00 e. The average molecular weight is 340 g/mol. The van der Waals surface area contributed by atoms with Crippen molar-refractivity contribution in [2.75, 3.05) is 0 Å². The molecule has 1 aromatic rings. The van der Waals surface area contributed by atoms with Crippen LogP contribution < -0.4 is 24.8 Å². The summed E-state index contributed by atoms with van der Waals surface area (Å²) in [7, 11) is 0. The molecule has 1 aromatic carbocycles. The third-order valence-electron chi connectivity index (χ3n) is 2.77. The van der Waals surface area contributed by atoms with Gasteiger partial charge in [0.15, 0.2) is 0 Å². The Morgan fingerprint density at radius 2 is 1.32 bits per heavy atom. The van der Waals surface area contributed by atoms with Gasteiger partial charge in [-0.3, -0.25) is 0 Å². The second-order valence-corrected chi connectivity index (χ2v) is 5.10. The maximum Gasteiger partial charge on any atom is 4.00 e. The number of hydrogen-bond acceptors (Lipinski definition) is 0. The normalized spacial score (nSPS) is 8.95. The molecule has 0 spiro atoms. The van der Waals surface area contributed by atoms with E-state index in [1.54, 1.807) is 0 Å². The summed E-state index contributed by atoms with van der Waals surface area (Å²) in [5.41, 5.74) is 5.75. The molecule has 0 heterocycles. The molecule has 0 aliphatic heterocycles. The molecule has 1 rings (SSSR count). The Morgan fingerprint density at radius 1 is 0.947 bits per heavy atom. The molecule has 0 unspecified atom stereocenters. The van der Waals surface area contributed by atoms with Crippen LogP contribution in [0.3, 0.4) is 0 Å². The monoisotopic (exact) mass is 339 g/mol. The van der Waals surface area contributed by atoms with E-state index in [-0.39, 0.29) is 46.5 Å². The van der Waals surface area contributed by atoms with Gasteiger partial charge in [-0.05, 0) is 0 Å². The van der Waals surface area contributed by atoms with Gasteiger partial charge in [-0.15, -0.1) is 12.1 Å². The maximum atomic E-state index is 4.28. The van der Waals surface area contributed by atoms with Gasteiger partial charge in [0.05, 0.1) is 0 Å². The van der Waals surface area contributed by atoms with E-state index < -0.39 is 0 Å². The van der Waals surface area contributed by atoms with E-state index in [2.05, 4.69) is 66.8 Å². The Bertz CT molecular complexity index is 292. The molecule has 0 fully saturated rings. The first-order chi connectivity index (χ1) is 7.25. The molecular formula is C15H27Cl2NTi. The fourth-order valence-corrected chi connectivity index (χ4v) is 1.73. The Hall–Kier alpha value is 0.604. The zero-order chi connectivity index (χ0) is 12.9. The van der Waals surface area contributed by atoms with Crippen LogP contribution in [0.4, 0.5) is 0 Å². The van der Waals surface area contributed by atoms with Gasteiger partial charge in [0.1, 0.15) is 0 Å². The molecule has 4 heteroatoms. The fourth-order valence-electron chi connectivity index (χ4n) is 1.73. The van der Waals surface area contributed by atoms with Crippen LogP contribution in [-0.4, -0.2) is 12.1 Å². The van der Waals surface area contributed by atoms with Gasteiger partial charge < -0.3 is 30.1 Å². The Balaban J connectivity index is -0.000000105. The van der Waals surface area contributed by atoms with E-state index in [1.807, 2.05) is 0 Å². The van der Waals surface area contributed by atoms with Gasteiger partial charge in [-0.2, -0.15) is 28.3 Å². The van der Waals surface area contributed by atoms with E-state index in [4.69, 9.17) is 0 Å². The Labute approximate surface area is 147 Å². The van der Waals surface area contributed by atoms with Crippen LogP contribution in [-0.2, 0) is 21.7 Å². The summed E-state index contributed by atoms with van der Waals surface area (Å²) in [4.78, 5) is 0. The average Bonchev–Trinajstić information content (AvgIpc) is 2.32. The molecule has 0 saturated carbocycles. The summed E-state index contributed by atoms with van der Waals surface area (Å²) in [5, 5.41) is 4.28. The van der Waals surface area contributed by atoms with E-state index in [0.29, 0.717) is 12.1 Å². The Kier molecular flexibility index (Phi) is 19.9. The first-order valence-electron chi connectivity index (χ1n) is 6.15. The minimum absolute atomic E-state index is 0. The molecule has 110 valence electrons. The van der Waals surface area contributed by atoms with E-state index in [9.17, 15) is 0 Å². The first-order valence-corrected chi connectivity index (χ1v) is 6.15. The standard InChI is InChI=1S/C9H13.C6H14N.2ClH.Ti/c1-6-5-7(2)9(4)8(6)3;1-5(2)7-6(3)4;;;/h5H,1-4H3;5-6H,1-4H3;2*1H;/q2*-1;;;+4/p-2. The fraction of sp³-hybridized carbons (Fsp3) is 0.667. The van der Waals surface area contributed by atoms with E-state index in [1.165, 1.54) is 22.3 Å². The molecule has 0 aromatic heterocycles. The van der Waals surface area contributed by atoms with Crippen molar-refractivity contribution >= 4 is 0 Å². The first kappa shape index (κ1) is 27.9. The second-order valence-electron chi connectivity index (χ2n) is 5.10. The second kappa shape index (κ2) is 13.6. The number of rotatable bonds is 2. The SMILES string of the molecule is CC(C)[N-]C(C)C.Cc1c[c-](C)c(C)c1C.[Cl-].[Cl-].[Ti+4].